The van der Waals surface area contributed by atoms with Crippen molar-refractivity contribution in [1.29, 1.82) is 0 Å². The third-order valence-electron chi connectivity index (χ3n) is 2.32. The number of aliphatic hydroxyl groups is 1. The molecule has 0 aliphatic rings. The van der Waals surface area contributed by atoms with Crippen molar-refractivity contribution in [3.05, 3.63) is 23.6 Å². The second kappa shape index (κ2) is 6.22. The van der Waals surface area contributed by atoms with Gasteiger partial charge in [-0.25, -0.2) is 4.68 Å². The summed E-state index contributed by atoms with van der Waals surface area (Å²) in [5.74, 6) is 1.28. The Morgan fingerprint density at radius 2 is 2.39 bits per heavy atom. The predicted octanol–water partition coefficient (Wildman–Crippen LogP) is -0.706. The molecule has 0 radical (unpaired) electrons. The van der Waals surface area contributed by atoms with Crippen LogP contribution in [0.3, 0.4) is 0 Å². The maximum absolute atomic E-state index is 8.74. The van der Waals surface area contributed by atoms with Gasteiger partial charge in [-0.05, 0) is 0 Å². The minimum Gasteiger partial charge on any atom is -0.394 e. The van der Waals surface area contributed by atoms with Crippen molar-refractivity contribution in [3.63, 3.8) is 0 Å². The lowest BCUT2D eigenvalue weighted by atomic mass is 10.4. The number of hydrogen-bond donors (Lipinski definition) is 2. The molecule has 0 amide bonds. The molecule has 8 nitrogen and oxygen atoms in total. The Labute approximate surface area is 104 Å². The summed E-state index contributed by atoms with van der Waals surface area (Å²) in [5.41, 5.74) is 0.841. The number of aliphatic hydroxyl groups excluding tert-OH is 1. The van der Waals surface area contributed by atoms with Gasteiger partial charge in [-0.15, -0.1) is 5.10 Å². The van der Waals surface area contributed by atoms with Crippen LogP contribution < -0.4 is 5.32 Å². The van der Waals surface area contributed by atoms with Gasteiger partial charge in [0, 0.05) is 32.6 Å². The van der Waals surface area contributed by atoms with Crippen LogP contribution in [-0.2, 0) is 19.5 Å². The van der Waals surface area contributed by atoms with Gasteiger partial charge in [0.05, 0.1) is 18.8 Å². The van der Waals surface area contributed by atoms with Gasteiger partial charge in [0.1, 0.15) is 0 Å². The lowest BCUT2D eigenvalue weighted by Crippen LogP contribution is -2.17. The molecule has 98 valence electrons. The molecule has 2 rings (SSSR count). The predicted molar refractivity (Wildman–Crippen MR) is 61.6 cm³/mol. The van der Waals surface area contributed by atoms with Gasteiger partial charge in [-0.3, -0.25) is 0 Å². The zero-order valence-electron chi connectivity index (χ0n) is 10.2. The lowest BCUT2D eigenvalue weighted by molar-refractivity contribution is 0.268. The van der Waals surface area contributed by atoms with Crippen LogP contribution in [0.15, 0.2) is 10.7 Å². The van der Waals surface area contributed by atoms with Crippen LogP contribution in [0.1, 0.15) is 17.4 Å². The maximum atomic E-state index is 8.74. The SMILES string of the molecule is Cc1nc(CCNCc2cn(CCO)nn2)no1. The summed E-state index contributed by atoms with van der Waals surface area (Å²) in [5, 5.41) is 23.6. The molecule has 18 heavy (non-hydrogen) atoms. The number of aryl methyl sites for hydroxylation is 1. The summed E-state index contributed by atoms with van der Waals surface area (Å²) in [7, 11) is 0. The molecular weight excluding hydrogens is 236 g/mol. The first-order chi connectivity index (χ1) is 8.78. The van der Waals surface area contributed by atoms with Crippen LogP contribution in [0.4, 0.5) is 0 Å². The van der Waals surface area contributed by atoms with Crippen molar-refractivity contribution >= 4 is 0 Å². The molecule has 0 spiro atoms. The highest BCUT2D eigenvalue weighted by molar-refractivity contribution is 4.92. The molecule has 0 bridgehead atoms. The lowest BCUT2D eigenvalue weighted by Gasteiger charge is -1.98. The Morgan fingerprint density at radius 1 is 1.50 bits per heavy atom. The molecule has 2 aromatic rings. The standard InChI is InChI=1S/C10H16N6O2/c1-8-12-10(14-18-8)2-3-11-6-9-7-16(4-5-17)15-13-9/h7,11,17H,2-6H2,1H3. The molecule has 0 fully saturated rings. The van der Waals surface area contributed by atoms with Crippen LogP contribution >= 0.6 is 0 Å². The zero-order chi connectivity index (χ0) is 12.8. The van der Waals surface area contributed by atoms with E-state index in [1.165, 1.54) is 0 Å². The molecule has 2 aromatic heterocycles. The van der Waals surface area contributed by atoms with E-state index in [0.717, 1.165) is 12.2 Å². The van der Waals surface area contributed by atoms with E-state index in [1.807, 2.05) is 6.20 Å². The zero-order valence-corrected chi connectivity index (χ0v) is 10.2. The summed E-state index contributed by atoms with van der Waals surface area (Å²) in [6.45, 7) is 3.67. The fourth-order valence-electron chi connectivity index (χ4n) is 1.49. The Hall–Kier alpha value is -1.80. The molecule has 0 atom stereocenters. The van der Waals surface area contributed by atoms with Crippen molar-refractivity contribution in [3.8, 4) is 0 Å². The molecule has 0 unspecified atom stereocenters. The average molecular weight is 252 g/mol. The number of nitrogens with one attached hydrogen (secondary N) is 1. The van der Waals surface area contributed by atoms with Gasteiger partial charge < -0.3 is 14.9 Å². The summed E-state index contributed by atoms with van der Waals surface area (Å²) in [6.07, 6.45) is 2.52. The van der Waals surface area contributed by atoms with Crippen LogP contribution in [0.5, 0.6) is 0 Å². The normalized spacial score (nSPS) is 11.0. The third kappa shape index (κ3) is 3.60. The Bertz CT molecular complexity index is 480. The largest absolute Gasteiger partial charge is 0.394 e. The topological polar surface area (TPSA) is 102 Å². The van der Waals surface area contributed by atoms with E-state index in [0.29, 0.717) is 31.2 Å². The van der Waals surface area contributed by atoms with Gasteiger partial charge in [-0.2, -0.15) is 4.98 Å². The molecule has 0 saturated heterocycles. The number of nitrogens with zero attached hydrogens (tertiary/aromatic N) is 5. The van der Waals surface area contributed by atoms with E-state index in [9.17, 15) is 0 Å². The quantitative estimate of drug-likeness (QED) is 0.628. The molecular formula is C10H16N6O2. The summed E-state index contributed by atoms with van der Waals surface area (Å²) in [4.78, 5) is 4.11. The van der Waals surface area contributed by atoms with Crippen LogP contribution in [0.25, 0.3) is 0 Å². The van der Waals surface area contributed by atoms with Gasteiger partial charge >= 0.3 is 0 Å². The molecule has 0 aromatic carbocycles. The van der Waals surface area contributed by atoms with Crippen molar-refractivity contribution in [2.75, 3.05) is 13.2 Å². The number of aromatic nitrogens is 5. The Balaban J connectivity index is 1.68. The fourth-order valence-corrected chi connectivity index (χ4v) is 1.49. The second-order valence-electron chi connectivity index (χ2n) is 3.85. The fraction of sp³-hybridized carbons (Fsp3) is 0.600. The van der Waals surface area contributed by atoms with Crippen molar-refractivity contribution in [2.24, 2.45) is 0 Å². The second-order valence-corrected chi connectivity index (χ2v) is 3.85. The molecule has 8 heteroatoms. The minimum atomic E-state index is 0.0629. The van der Waals surface area contributed by atoms with E-state index in [-0.39, 0.29) is 6.61 Å². The highest BCUT2D eigenvalue weighted by Gasteiger charge is 2.03. The number of hydrogen-bond acceptors (Lipinski definition) is 7. The molecule has 0 aliphatic heterocycles. The van der Waals surface area contributed by atoms with Gasteiger partial charge in [0.2, 0.25) is 5.89 Å². The van der Waals surface area contributed by atoms with E-state index in [1.54, 1.807) is 11.6 Å². The van der Waals surface area contributed by atoms with Crippen molar-refractivity contribution < 1.29 is 9.63 Å². The van der Waals surface area contributed by atoms with Gasteiger partial charge in [-0.1, -0.05) is 10.4 Å². The average Bonchev–Trinajstić information content (AvgIpc) is 2.95. The van der Waals surface area contributed by atoms with Crippen LogP contribution in [-0.4, -0.2) is 43.4 Å². The summed E-state index contributed by atoms with van der Waals surface area (Å²) >= 11 is 0. The van der Waals surface area contributed by atoms with E-state index in [4.69, 9.17) is 9.63 Å². The molecule has 0 saturated carbocycles. The molecule has 0 aliphatic carbocycles. The monoisotopic (exact) mass is 252 g/mol. The third-order valence-corrected chi connectivity index (χ3v) is 2.32. The molecule has 2 N–H and O–H groups in total. The minimum absolute atomic E-state index is 0.0629. The highest BCUT2D eigenvalue weighted by Crippen LogP contribution is 1.96. The van der Waals surface area contributed by atoms with Crippen LogP contribution in [0.2, 0.25) is 0 Å². The maximum Gasteiger partial charge on any atom is 0.223 e. The number of rotatable bonds is 7. The highest BCUT2D eigenvalue weighted by atomic mass is 16.5. The van der Waals surface area contributed by atoms with Crippen molar-refractivity contribution in [1.82, 2.24) is 30.5 Å². The Morgan fingerprint density at radius 3 is 3.11 bits per heavy atom. The first-order valence-corrected chi connectivity index (χ1v) is 5.77. The van der Waals surface area contributed by atoms with Gasteiger partial charge in [0.15, 0.2) is 5.82 Å². The summed E-state index contributed by atoms with van der Waals surface area (Å²) in [6, 6.07) is 0. The summed E-state index contributed by atoms with van der Waals surface area (Å²) < 4.78 is 6.48. The van der Waals surface area contributed by atoms with E-state index >= 15 is 0 Å². The first kappa shape index (κ1) is 12.7. The molecule has 2 heterocycles. The van der Waals surface area contributed by atoms with Crippen molar-refractivity contribution in [2.45, 2.75) is 26.4 Å². The van der Waals surface area contributed by atoms with E-state index < -0.39 is 0 Å². The van der Waals surface area contributed by atoms with E-state index in [2.05, 4.69) is 25.8 Å². The van der Waals surface area contributed by atoms with Gasteiger partial charge in [0.25, 0.3) is 0 Å². The van der Waals surface area contributed by atoms with Crippen LogP contribution in [0, 0.1) is 6.92 Å². The smallest absolute Gasteiger partial charge is 0.223 e. The Kier molecular flexibility index (Phi) is 4.37. The first-order valence-electron chi connectivity index (χ1n) is 5.77.